The van der Waals surface area contributed by atoms with Crippen LogP contribution in [0.4, 0.5) is 0 Å². The summed E-state index contributed by atoms with van der Waals surface area (Å²) in [6.45, 7) is 0.741. The first-order valence-corrected chi connectivity index (χ1v) is 7.39. The molecule has 21 heavy (non-hydrogen) atoms. The van der Waals surface area contributed by atoms with Crippen LogP contribution in [0.15, 0.2) is 36.9 Å². The van der Waals surface area contributed by atoms with Gasteiger partial charge in [-0.2, -0.15) is 5.10 Å². The van der Waals surface area contributed by atoms with Gasteiger partial charge in [0.05, 0.1) is 0 Å². The molecule has 5 heteroatoms. The Bertz CT molecular complexity index is 583. The largest absolute Gasteiger partial charge is 0.342 e. The number of fused-ring (bicyclic) bond motifs is 1. The molecule has 0 aliphatic heterocycles. The van der Waals surface area contributed by atoms with Crippen LogP contribution in [0.1, 0.15) is 24.0 Å². The van der Waals surface area contributed by atoms with E-state index in [1.165, 1.54) is 17.5 Å². The van der Waals surface area contributed by atoms with Crippen LogP contribution >= 0.6 is 0 Å². The van der Waals surface area contributed by atoms with Gasteiger partial charge in [-0.25, -0.2) is 4.98 Å². The van der Waals surface area contributed by atoms with Crippen molar-refractivity contribution in [1.82, 2.24) is 19.7 Å². The molecule has 2 aromatic rings. The Morgan fingerprint density at radius 3 is 2.67 bits per heavy atom. The number of likely N-dealkylation sites (N-methyl/N-ethyl adjacent to an activating group) is 1. The molecule has 1 heterocycles. The Hall–Kier alpha value is -2.17. The number of hydrogen-bond acceptors (Lipinski definition) is 3. The molecule has 1 amide bonds. The fourth-order valence-corrected chi connectivity index (χ4v) is 2.93. The molecule has 1 aromatic carbocycles. The fraction of sp³-hybridized carbons (Fsp3) is 0.438. The molecule has 1 aliphatic rings. The molecule has 0 spiro atoms. The summed E-state index contributed by atoms with van der Waals surface area (Å²) in [7, 11) is 1.92. The Balaban J connectivity index is 1.49. The molecule has 0 atom stereocenters. The third kappa shape index (κ3) is 3.12. The maximum Gasteiger partial charge on any atom is 0.222 e. The number of benzene rings is 1. The number of aryl methyl sites for hydroxylation is 1. The van der Waals surface area contributed by atoms with Gasteiger partial charge >= 0.3 is 0 Å². The van der Waals surface area contributed by atoms with Gasteiger partial charge in [0.2, 0.25) is 5.91 Å². The normalized spacial score (nSPS) is 14.1. The van der Waals surface area contributed by atoms with Gasteiger partial charge in [-0.05, 0) is 30.4 Å². The quantitative estimate of drug-likeness (QED) is 0.839. The number of nitrogens with zero attached hydrogens (tertiary/aromatic N) is 4. The smallest absolute Gasteiger partial charge is 0.222 e. The van der Waals surface area contributed by atoms with Crippen molar-refractivity contribution in [2.24, 2.45) is 0 Å². The number of aromatic nitrogens is 3. The molecule has 0 unspecified atom stereocenters. The predicted molar refractivity (Wildman–Crippen MR) is 79.7 cm³/mol. The molecule has 0 N–H and O–H groups in total. The Kier molecular flexibility index (Phi) is 3.99. The maximum atomic E-state index is 12.3. The van der Waals surface area contributed by atoms with Crippen molar-refractivity contribution in [3.63, 3.8) is 0 Å². The van der Waals surface area contributed by atoms with E-state index in [-0.39, 0.29) is 5.91 Å². The summed E-state index contributed by atoms with van der Waals surface area (Å²) in [6, 6.07) is 8.78. The van der Waals surface area contributed by atoms with E-state index >= 15 is 0 Å². The van der Waals surface area contributed by atoms with Gasteiger partial charge < -0.3 is 4.90 Å². The van der Waals surface area contributed by atoms with E-state index in [0.717, 1.165) is 25.8 Å². The maximum absolute atomic E-state index is 12.3. The summed E-state index contributed by atoms with van der Waals surface area (Å²) in [5.41, 5.74) is 2.76. The van der Waals surface area contributed by atoms with Crippen LogP contribution in [0.2, 0.25) is 0 Å². The highest BCUT2D eigenvalue weighted by atomic mass is 16.2. The minimum atomic E-state index is 0.216. The van der Waals surface area contributed by atoms with E-state index in [1.54, 1.807) is 11.0 Å². The van der Waals surface area contributed by atoms with Gasteiger partial charge in [0.15, 0.2) is 0 Å². The van der Waals surface area contributed by atoms with Gasteiger partial charge in [-0.1, -0.05) is 24.3 Å². The van der Waals surface area contributed by atoms with Crippen LogP contribution in [-0.2, 0) is 24.2 Å². The minimum absolute atomic E-state index is 0.216. The molecule has 1 aliphatic carbocycles. The fourth-order valence-electron chi connectivity index (χ4n) is 2.93. The number of rotatable bonds is 5. The van der Waals surface area contributed by atoms with Crippen molar-refractivity contribution in [3.8, 4) is 0 Å². The lowest BCUT2D eigenvalue weighted by atomic mass is 10.1. The van der Waals surface area contributed by atoms with Crippen LogP contribution in [0, 0.1) is 0 Å². The lowest BCUT2D eigenvalue weighted by Gasteiger charge is -2.24. The highest BCUT2D eigenvalue weighted by molar-refractivity contribution is 5.76. The highest BCUT2D eigenvalue weighted by Crippen LogP contribution is 2.25. The van der Waals surface area contributed by atoms with E-state index in [4.69, 9.17) is 0 Å². The summed E-state index contributed by atoms with van der Waals surface area (Å²) < 4.78 is 1.76. The van der Waals surface area contributed by atoms with Gasteiger partial charge in [0.25, 0.3) is 0 Å². The van der Waals surface area contributed by atoms with E-state index in [2.05, 4.69) is 34.3 Å². The topological polar surface area (TPSA) is 51.0 Å². The van der Waals surface area contributed by atoms with Crippen LogP contribution in [-0.4, -0.2) is 38.7 Å². The molecule has 0 bridgehead atoms. The molecule has 0 fully saturated rings. The first-order valence-electron chi connectivity index (χ1n) is 7.39. The average Bonchev–Trinajstić information content (AvgIpc) is 3.15. The summed E-state index contributed by atoms with van der Waals surface area (Å²) in [4.78, 5) is 18.1. The number of carbonyl (C=O) groups excluding carboxylic acids is 1. The Morgan fingerprint density at radius 2 is 2.05 bits per heavy atom. The standard InChI is InChI=1S/C16H20N4O/c1-19(15-9-13-5-2-3-6-14(13)10-15)16(21)7-4-8-20-12-17-11-18-20/h2-3,5-6,11-12,15H,4,7-10H2,1H3. The lowest BCUT2D eigenvalue weighted by Crippen LogP contribution is -2.37. The van der Waals surface area contributed by atoms with E-state index in [9.17, 15) is 4.79 Å². The third-order valence-electron chi connectivity index (χ3n) is 4.22. The van der Waals surface area contributed by atoms with E-state index in [1.807, 2.05) is 11.9 Å². The average molecular weight is 284 g/mol. The van der Waals surface area contributed by atoms with Crippen molar-refractivity contribution in [2.45, 2.75) is 38.3 Å². The second-order valence-electron chi connectivity index (χ2n) is 5.60. The summed E-state index contributed by atoms with van der Waals surface area (Å²) in [6.07, 6.45) is 6.50. The molecule has 0 saturated heterocycles. The summed E-state index contributed by atoms with van der Waals surface area (Å²) in [5.74, 6) is 0.216. The lowest BCUT2D eigenvalue weighted by molar-refractivity contribution is -0.131. The Labute approximate surface area is 124 Å². The molecule has 0 radical (unpaired) electrons. The van der Waals surface area contributed by atoms with Gasteiger partial charge in [0.1, 0.15) is 12.7 Å². The van der Waals surface area contributed by atoms with Crippen LogP contribution in [0.25, 0.3) is 0 Å². The number of amides is 1. The highest BCUT2D eigenvalue weighted by Gasteiger charge is 2.26. The Morgan fingerprint density at radius 1 is 1.33 bits per heavy atom. The summed E-state index contributed by atoms with van der Waals surface area (Å²) >= 11 is 0. The second kappa shape index (κ2) is 6.08. The first-order chi connectivity index (χ1) is 10.2. The predicted octanol–water partition coefficient (Wildman–Crippen LogP) is 1.68. The monoisotopic (exact) mass is 284 g/mol. The van der Waals surface area contributed by atoms with Crippen molar-refractivity contribution < 1.29 is 4.79 Å². The summed E-state index contributed by atoms with van der Waals surface area (Å²) in [5, 5.41) is 4.04. The zero-order chi connectivity index (χ0) is 14.7. The zero-order valence-corrected chi connectivity index (χ0v) is 12.3. The van der Waals surface area contributed by atoms with Gasteiger partial charge in [0, 0.05) is 26.1 Å². The third-order valence-corrected chi connectivity index (χ3v) is 4.22. The van der Waals surface area contributed by atoms with E-state index < -0.39 is 0 Å². The molecular formula is C16H20N4O. The minimum Gasteiger partial charge on any atom is -0.342 e. The molecule has 110 valence electrons. The van der Waals surface area contributed by atoms with Crippen molar-refractivity contribution >= 4 is 5.91 Å². The van der Waals surface area contributed by atoms with Crippen LogP contribution in [0.3, 0.4) is 0 Å². The second-order valence-corrected chi connectivity index (χ2v) is 5.60. The van der Waals surface area contributed by atoms with Crippen LogP contribution < -0.4 is 0 Å². The number of carbonyl (C=O) groups is 1. The van der Waals surface area contributed by atoms with Crippen molar-refractivity contribution in [2.75, 3.05) is 7.05 Å². The van der Waals surface area contributed by atoms with Crippen molar-refractivity contribution in [3.05, 3.63) is 48.0 Å². The SMILES string of the molecule is CN(C(=O)CCCn1cncn1)C1Cc2ccccc2C1. The molecule has 3 rings (SSSR count). The molecule has 0 saturated carbocycles. The van der Waals surface area contributed by atoms with Crippen LogP contribution in [0.5, 0.6) is 0 Å². The molecular weight excluding hydrogens is 264 g/mol. The zero-order valence-electron chi connectivity index (χ0n) is 12.3. The van der Waals surface area contributed by atoms with Gasteiger partial charge in [-0.15, -0.1) is 0 Å². The number of hydrogen-bond donors (Lipinski definition) is 0. The van der Waals surface area contributed by atoms with E-state index in [0.29, 0.717) is 12.5 Å². The molecule has 5 nitrogen and oxygen atoms in total. The van der Waals surface area contributed by atoms with Gasteiger partial charge in [-0.3, -0.25) is 9.48 Å². The molecule has 1 aromatic heterocycles. The first kappa shape index (κ1) is 13.8. The van der Waals surface area contributed by atoms with Crippen molar-refractivity contribution in [1.29, 1.82) is 0 Å².